The van der Waals surface area contributed by atoms with Gasteiger partial charge in [0.15, 0.2) is 0 Å². The van der Waals surface area contributed by atoms with E-state index in [4.69, 9.17) is 0 Å². The summed E-state index contributed by atoms with van der Waals surface area (Å²) < 4.78 is 0. The minimum Gasteiger partial charge on any atom is -0.352 e. The molecule has 2 N–H and O–H groups in total. The molecule has 2 aliphatic rings. The van der Waals surface area contributed by atoms with E-state index in [0.717, 1.165) is 43.0 Å². The monoisotopic (exact) mass is 372 g/mol. The van der Waals surface area contributed by atoms with Gasteiger partial charge in [0.2, 0.25) is 11.8 Å². The smallest absolute Gasteiger partial charge is 0.238 e. The third kappa shape index (κ3) is 5.78. The van der Waals surface area contributed by atoms with E-state index in [2.05, 4.69) is 27.4 Å². The summed E-state index contributed by atoms with van der Waals surface area (Å²) in [5.41, 5.74) is 3.09. The van der Waals surface area contributed by atoms with Crippen LogP contribution in [-0.2, 0) is 9.59 Å². The van der Waals surface area contributed by atoms with Gasteiger partial charge in [0.25, 0.3) is 0 Å². The fourth-order valence-electron chi connectivity index (χ4n) is 3.72. The quantitative estimate of drug-likeness (QED) is 0.766. The summed E-state index contributed by atoms with van der Waals surface area (Å²) >= 11 is 0. The van der Waals surface area contributed by atoms with Crippen LogP contribution < -0.4 is 10.6 Å². The van der Waals surface area contributed by atoms with E-state index < -0.39 is 0 Å². The van der Waals surface area contributed by atoms with Gasteiger partial charge in [0.05, 0.1) is 13.1 Å². The van der Waals surface area contributed by atoms with E-state index >= 15 is 0 Å². The van der Waals surface area contributed by atoms with Crippen LogP contribution in [0.25, 0.3) is 0 Å². The summed E-state index contributed by atoms with van der Waals surface area (Å²) in [6.07, 6.45) is 2.48. The molecule has 0 aromatic heterocycles. The van der Waals surface area contributed by atoms with Gasteiger partial charge in [-0.2, -0.15) is 0 Å². The average Bonchev–Trinajstić information content (AvgIpc) is 3.45. The molecule has 1 aliphatic heterocycles. The Morgan fingerprint density at radius 3 is 2.04 bits per heavy atom. The van der Waals surface area contributed by atoms with Gasteiger partial charge in [-0.15, -0.1) is 0 Å². The first-order chi connectivity index (χ1) is 12.9. The standard InChI is InChI=1S/C21H32N4O2/c1-15-5-4-6-16(2)21(15)23-20(27)14-25-11-9-24(10-12-25)13-19(26)22-17(3)18-7-8-18/h4-6,17-18H,7-14H2,1-3H3,(H,22,26)(H,23,27)/t17-/m0/s1. The van der Waals surface area contributed by atoms with Gasteiger partial charge in [-0.05, 0) is 50.7 Å². The SMILES string of the molecule is Cc1cccc(C)c1NC(=O)CN1CCN(CC(=O)N[C@@H](C)C2CC2)CC1. The third-order valence-corrected chi connectivity index (χ3v) is 5.66. The summed E-state index contributed by atoms with van der Waals surface area (Å²) in [4.78, 5) is 28.9. The normalized spacial score (nSPS) is 19.5. The Morgan fingerprint density at radius 2 is 1.52 bits per heavy atom. The van der Waals surface area contributed by atoms with E-state index in [1.54, 1.807) is 0 Å². The molecule has 0 bridgehead atoms. The summed E-state index contributed by atoms with van der Waals surface area (Å²) in [7, 11) is 0. The number of para-hydroxylation sites is 1. The van der Waals surface area contributed by atoms with Crippen molar-refractivity contribution in [2.75, 3.05) is 44.6 Å². The first-order valence-electron chi connectivity index (χ1n) is 10.0. The van der Waals surface area contributed by atoms with Crippen LogP contribution in [0.5, 0.6) is 0 Å². The molecule has 0 spiro atoms. The zero-order chi connectivity index (χ0) is 19.4. The van der Waals surface area contributed by atoms with Crippen molar-refractivity contribution in [2.24, 2.45) is 5.92 Å². The second-order valence-electron chi connectivity index (χ2n) is 8.06. The highest BCUT2D eigenvalue weighted by Gasteiger charge is 2.29. The van der Waals surface area contributed by atoms with Gasteiger partial charge >= 0.3 is 0 Å². The van der Waals surface area contributed by atoms with Gasteiger partial charge in [0.1, 0.15) is 0 Å². The van der Waals surface area contributed by atoms with Crippen LogP contribution in [-0.4, -0.2) is 66.9 Å². The van der Waals surface area contributed by atoms with Crippen molar-refractivity contribution in [3.05, 3.63) is 29.3 Å². The molecule has 6 nitrogen and oxygen atoms in total. The van der Waals surface area contributed by atoms with Crippen molar-refractivity contribution >= 4 is 17.5 Å². The van der Waals surface area contributed by atoms with Crippen LogP contribution >= 0.6 is 0 Å². The molecule has 27 heavy (non-hydrogen) atoms. The van der Waals surface area contributed by atoms with Gasteiger partial charge in [-0.3, -0.25) is 19.4 Å². The first kappa shape index (κ1) is 19.8. The number of hydrogen-bond acceptors (Lipinski definition) is 4. The number of piperazine rings is 1. The average molecular weight is 373 g/mol. The predicted octanol–water partition coefficient (Wildman–Crippen LogP) is 1.77. The van der Waals surface area contributed by atoms with Gasteiger partial charge in [-0.1, -0.05) is 18.2 Å². The van der Waals surface area contributed by atoms with Crippen LogP contribution in [0, 0.1) is 19.8 Å². The Labute approximate surface area is 162 Å². The van der Waals surface area contributed by atoms with E-state index in [1.807, 2.05) is 32.0 Å². The van der Waals surface area contributed by atoms with Crippen LogP contribution in [0.4, 0.5) is 5.69 Å². The molecule has 2 fully saturated rings. The Kier molecular flexibility index (Phi) is 6.50. The number of nitrogens with zero attached hydrogens (tertiary/aromatic N) is 2. The number of benzene rings is 1. The first-order valence-corrected chi connectivity index (χ1v) is 10.0. The summed E-state index contributed by atoms with van der Waals surface area (Å²) in [6, 6.07) is 6.32. The van der Waals surface area contributed by atoms with E-state index in [9.17, 15) is 9.59 Å². The maximum absolute atomic E-state index is 12.4. The second-order valence-corrected chi connectivity index (χ2v) is 8.06. The van der Waals surface area contributed by atoms with Crippen molar-refractivity contribution in [3.8, 4) is 0 Å². The molecule has 1 saturated carbocycles. The van der Waals surface area contributed by atoms with Gasteiger partial charge < -0.3 is 10.6 Å². The van der Waals surface area contributed by atoms with Crippen LogP contribution in [0.1, 0.15) is 30.9 Å². The highest BCUT2D eigenvalue weighted by molar-refractivity contribution is 5.93. The lowest BCUT2D eigenvalue weighted by Crippen LogP contribution is -2.51. The molecule has 1 saturated heterocycles. The highest BCUT2D eigenvalue weighted by atomic mass is 16.2. The fraction of sp³-hybridized carbons (Fsp3) is 0.619. The number of aryl methyl sites for hydroxylation is 2. The molecule has 1 aromatic rings. The maximum atomic E-state index is 12.4. The van der Waals surface area contributed by atoms with Crippen LogP contribution in [0.15, 0.2) is 18.2 Å². The minimum absolute atomic E-state index is 0.0249. The molecule has 6 heteroatoms. The number of rotatable bonds is 7. The largest absolute Gasteiger partial charge is 0.352 e. The minimum atomic E-state index is 0.0249. The fourth-order valence-corrected chi connectivity index (χ4v) is 3.72. The van der Waals surface area contributed by atoms with Crippen LogP contribution in [0.3, 0.4) is 0 Å². The summed E-state index contributed by atoms with van der Waals surface area (Å²) in [5, 5.41) is 6.16. The molecule has 1 aromatic carbocycles. The zero-order valence-corrected chi connectivity index (χ0v) is 16.8. The number of hydrogen-bond donors (Lipinski definition) is 2. The van der Waals surface area contributed by atoms with Gasteiger partial charge in [0, 0.05) is 37.9 Å². The maximum Gasteiger partial charge on any atom is 0.238 e. The molecule has 2 amide bonds. The lowest BCUT2D eigenvalue weighted by molar-refractivity contribution is -0.124. The molecule has 1 heterocycles. The van der Waals surface area contributed by atoms with Gasteiger partial charge in [-0.25, -0.2) is 0 Å². The van der Waals surface area contributed by atoms with Crippen molar-refractivity contribution in [1.82, 2.24) is 15.1 Å². The summed E-state index contributed by atoms with van der Waals surface area (Å²) in [6.45, 7) is 10.2. The van der Waals surface area contributed by atoms with E-state index in [1.165, 1.54) is 12.8 Å². The zero-order valence-electron chi connectivity index (χ0n) is 16.8. The molecule has 1 atom stereocenters. The van der Waals surface area contributed by atoms with Crippen molar-refractivity contribution in [2.45, 2.75) is 39.7 Å². The van der Waals surface area contributed by atoms with Crippen molar-refractivity contribution < 1.29 is 9.59 Å². The highest BCUT2D eigenvalue weighted by Crippen LogP contribution is 2.32. The Bertz CT molecular complexity index is 659. The second kappa shape index (κ2) is 8.85. The molecule has 3 rings (SSSR count). The summed E-state index contributed by atoms with van der Waals surface area (Å²) in [5.74, 6) is 0.827. The molecule has 0 unspecified atom stereocenters. The Balaban J connectivity index is 1.38. The van der Waals surface area contributed by atoms with E-state index in [-0.39, 0.29) is 11.8 Å². The molecule has 148 valence electrons. The topological polar surface area (TPSA) is 64.7 Å². The number of carbonyl (C=O) groups excluding carboxylic acids is 2. The number of carbonyl (C=O) groups is 2. The third-order valence-electron chi connectivity index (χ3n) is 5.66. The predicted molar refractivity (Wildman–Crippen MR) is 108 cm³/mol. The Morgan fingerprint density at radius 1 is 1.00 bits per heavy atom. The molecular weight excluding hydrogens is 340 g/mol. The molecular formula is C21H32N4O2. The number of amides is 2. The Hall–Kier alpha value is -1.92. The van der Waals surface area contributed by atoms with E-state index in [0.29, 0.717) is 25.0 Å². The number of nitrogens with one attached hydrogen (secondary N) is 2. The number of anilines is 1. The molecule has 0 radical (unpaired) electrons. The molecule has 1 aliphatic carbocycles. The van der Waals surface area contributed by atoms with Crippen molar-refractivity contribution in [1.29, 1.82) is 0 Å². The van der Waals surface area contributed by atoms with Crippen LogP contribution in [0.2, 0.25) is 0 Å². The lowest BCUT2D eigenvalue weighted by Gasteiger charge is -2.34. The lowest BCUT2D eigenvalue weighted by atomic mass is 10.1. The van der Waals surface area contributed by atoms with Crippen molar-refractivity contribution in [3.63, 3.8) is 0 Å².